The van der Waals surface area contributed by atoms with E-state index in [-0.39, 0.29) is 5.60 Å². The van der Waals surface area contributed by atoms with E-state index in [1.807, 2.05) is 0 Å². The summed E-state index contributed by atoms with van der Waals surface area (Å²) in [6, 6.07) is 6.29. The fourth-order valence-electron chi connectivity index (χ4n) is 1.67. The van der Waals surface area contributed by atoms with E-state index in [1.165, 1.54) is 16.4 Å². The third-order valence-electron chi connectivity index (χ3n) is 2.68. The molecule has 1 aromatic carbocycles. The van der Waals surface area contributed by atoms with Crippen LogP contribution in [0.3, 0.4) is 0 Å². The van der Waals surface area contributed by atoms with Gasteiger partial charge in [-0.1, -0.05) is 0 Å². The predicted molar refractivity (Wildman–Crippen MR) is 60.2 cm³/mol. The number of anilines is 1. The van der Waals surface area contributed by atoms with Gasteiger partial charge in [-0.2, -0.15) is 0 Å². The molecule has 1 saturated carbocycles. The van der Waals surface area contributed by atoms with Crippen molar-refractivity contribution in [3.05, 3.63) is 21.8 Å². The van der Waals surface area contributed by atoms with Crippen LogP contribution in [0, 0.1) is 3.57 Å². The third kappa shape index (κ3) is 1.29. The molecule has 2 aliphatic rings. The van der Waals surface area contributed by atoms with Crippen molar-refractivity contribution in [1.82, 2.24) is 0 Å². The van der Waals surface area contributed by atoms with Gasteiger partial charge >= 0.3 is 0 Å². The van der Waals surface area contributed by atoms with E-state index in [9.17, 15) is 0 Å². The van der Waals surface area contributed by atoms with Gasteiger partial charge in [0.1, 0.15) is 11.4 Å². The minimum absolute atomic E-state index is 0.150. The monoisotopic (exact) mass is 287 g/mol. The molecular weight excluding hydrogens is 277 g/mol. The molecule has 0 amide bonds. The molecule has 0 atom stereocenters. The number of rotatable bonds is 0. The predicted octanol–water partition coefficient (Wildman–Crippen LogP) is 2.63. The van der Waals surface area contributed by atoms with Crippen LogP contribution in [-0.4, -0.2) is 12.1 Å². The van der Waals surface area contributed by atoms with Crippen molar-refractivity contribution < 1.29 is 4.74 Å². The maximum absolute atomic E-state index is 5.94. The fraction of sp³-hybridized carbons (Fsp3) is 0.400. The second-order valence-electron chi connectivity index (χ2n) is 3.78. The van der Waals surface area contributed by atoms with Crippen LogP contribution in [0.2, 0.25) is 0 Å². The Labute approximate surface area is 90.8 Å². The summed E-state index contributed by atoms with van der Waals surface area (Å²) in [5.41, 5.74) is 1.29. The van der Waals surface area contributed by atoms with Crippen molar-refractivity contribution in [2.75, 3.05) is 11.9 Å². The van der Waals surface area contributed by atoms with Gasteiger partial charge < -0.3 is 10.1 Å². The van der Waals surface area contributed by atoms with Gasteiger partial charge in [-0.3, -0.25) is 0 Å². The molecule has 1 spiro atoms. The highest BCUT2D eigenvalue weighted by atomic mass is 127. The second kappa shape index (κ2) is 2.53. The Hall–Kier alpha value is -0.450. The zero-order valence-corrected chi connectivity index (χ0v) is 9.30. The zero-order chi connectivity index (χ0) is 8.89. The Balaban J connectivity index is 2.02. The molecule has 1 fully saturated rings. The number of fused-ring (bicyclic) bond motifs is 1. The van der Waals surface area contributed by atoms with E-state index in [4.69, 9.17) is 4.74 Å². The lowest BCUT2D eigenvalue weighted by Gasteiger charge is -2.27. The van der Waals surface area contributed by atoms with Crippen LogP contribution < -0.4 is 10.1 Å². The SMILES string of the molecule is Ic1ccc2c(c1)OC1(CC1)CN2. The molecule has 0 saturated heterocycles. The molecule has 1 N–H and O–H groups in total. The van der Waals surface area contributed by atoms with Crippen LogP contribution in [0.15, 0.2) is 18.2 Å². The maximum Gasteiger partial charge on any atom is 0.144 e. The molecule has 1 aliphatic carbocycles. The molecular formula is C10H10INO. The lowest BCUT2D eigenvalue weighted by atomic mass is 10.2. The van der Waals surface area contributed by atoms with Gasteiger partial charge in [-0.15, -0.1) is 0 Å². The molecule has 13 heavy (non-hydrogen) atoms. The Morgan fingerprint density at radius 3 is 3.00 bits per heavy atom. The van der Waals surface area contributed by atoms with E-state index < -0.39 is 0 Å². The normalized spacial score (nSPS) is 21.6. The summed E-state index contributed by atoms with van der Waals surface area (Å²) < 4.78 is 7.18. The maximum atomic E-state index is 5.94. The van der Waals surface area contributed by atoms with Crippen LogP contribution >= 0.6 is 22.6 Å². The van der Waals surface area contributed by atoms with E-state index in [0.717, 1.165) is 18.0 Å². The fourth-order valence-corrected chi connectivity index (χ4v) is 2.13. The molecule has 0 unspecified atom stereocenters. The average Bonchev–Trinajstić information content (AvgIpc) is 2.84. The average molecular weight is 287 g/mol. The topological polar surface area (TPSA) is 21.3 Å². The van der Waals surface area contributed by atoms with Crippen LogP contribution in [-0.2, 0) is 0 Å². The first kappa shape index (κ1) is 7.91. The third-order valence-corrected chi connectivity index (χ3v) is 3.35. The quantitative estimate of drug-likeness (QED) is 0.741. The van der Waals surface area contributed by atoms with Crippen molar-refractivity contribution in [2.24, 2.45) is 0 Å². The van der Waals surface area contributed by atoms with Gasteiger partial charge in [0.25, 0.3) is 0 Å². The van der Waals surface area contributed by atoms with Crippen molar-refractivity contribution in [2.45, 2.75) is 18.4 Å². The summed E-state index contributed by atoms with van der Waals surface area (Å²) in [6.07, 6.45) is 2.40. The number of halogens is 1. The molecule has 1 aliphatic heterocycles. The minimum Gasteiger partial charge on any atom is -0.483 e. The summed E-state index contributed by atoms with van der Waals surface area (Å²) in [4.78, 5) is 0. The first-order valence-electron chi connectivity index (χ1n) is 4.50. The molecule has 68 valence electrons. The van der Waals surface area contributed by atoms with Crippen molar-refractivity contribution >= 4 is 28.3 Å². The molecule has 1 aromatic rings. The van der Waals surface area contributed by atoms with Gasteiger partial charge in [-0.05, 0) is 53.6 Å². The van der Waals surface area contributed by atoms with E-state index in [0.29, 0.717) is 0 Å². The summed E-state index contributed by atoms with van der Waals surface area (Å²) in [5.74, 6) is 1.02. The number of ether oxygens (including phenoxy) is 1. The minimum atomic E-state index is 0.150. The number of nitrogens with one attached hydrogen (secondary N) is 1. The van der Waals surface area contributed by atoms with Crippen molar-refractivity contribution in [3.8, 4) is 5.75 Å². The highest BCUT2D eigenvalue weighted by Gasteiger charge is 2.47. The smallest absolute Gasteiger partial charge is 0.144 e. The van der Waals surface area contributed by atoms with Crippen LogP contribution in [0.5, 0.6) is 5.75 Å². The van der Waals surface area contributed by atoms with Gasteiger partial charge in [0, 0.05) is 3.57 Å². The highest BCUT2D eigenvalue weighted by molar-refractivity contribution is 14.1. The second-order valence-corrected chi connectivity index (χ2v) is 5.02. The van der Waals surface area contributed by atoms with E-state index in [2.05, 4.69) is 46.1 Å². The first-order valence-corrected chi connectivity index (χ1v) is 5.58. The molecule has 0 bridgehead atoms. The number of hydrogen-bond acceptors (Lipinski definition) is 2. The van der Waals surface area contributed by atoms with E-state index in [1.54, 1.807) is 0 Å². The molecule has 0 aromatic heterocycles. The largest absolute Gasteiger partial charge is 0.483 e. The highest BCUT2D eigenvalue weighted by Crippen LogP contribution is 2.45. The van der Waals surface area contributed by atoms with Gasteiger partial charge in [0.15, 0.2) is 0 Å². The number of hydrogen-bond donors (Lipinski definition) is 1. The lowest BCUT2D eigenvalue weighted by molar-refractivity contribution is 0.184. The van der Waals surface area contributed by atoms with Crippen LogP contribution in [0.25, 0.3) is 0 Å². The molecule has 3 rings (SSSR count). The Morgan fingerprint density at radius 1 is 1.38 bits per heavy atom. The Bertz CT molecular complexity index is 360. The van der Waals surface area contributed by atoms with Crippen LogP contribution in [0.1, 0.15) is 12.8 Å². The molecule has 2 nitrogen and oxygen atoms in total. The summed E-state index contributed by atoms with van der Waals surface area (Å²) in [6.45, 7) is 0.973. The molecule has 1 heterocycles. The number of benzene rings is 1. The standard InChI is InChI=1S/C10H10INO/c11-7-1-2-8-9(5-7)13-10(3-4-10)6-12-8/h1-2,5,12H,3-4,6H2. The van der Waals surface area contributed by atoms with Gasteiger partial charge in [-0.25, -0.2) is 0 Å². The van der Waals surface area contributed by atoms with Gasteiger partial charge in [0.2, 0.25) is 0 Å². The Kier molecular flexibility index (Phi) is 1.54. The molecule has 0 radical (unpaired) electrons. The van der Waals surface area contributed by atoms with Gasteiger partial charge in [0.05, 0.1) is 12.2 Å². The summed E-state index contributed by atoms with van der Waals surface area (Å²) in [5, 5.41) is 3.41. The summed E-state index contributed by atoms with van der Waals surface area (Å²) in [7, 11) is 0. The van der Waals surface area contributed by atoms with Crippen LogP contribution in [0.4, 0.5) is 5.69 Å². The lowest BCUT2D eigenvalue weighted by Crippen LogP contribution is -2.32. The zero-order valence-electron chi connectivity index (χ0n) is 7.14. The molecule has 3 heteroatoms. The Morgan fingerprint density at radius 2 is 2.23 bits per heavy atom. The van der Waals surface area contributed by atoms with Crippen molar-refractivity contribution in [3.63, 3.8) is 0 Å². The summed E-state index contributed by atoms with van der Waals surface area (Å²) >= 11 is 2.31. The van der Waals surface area contributed by atoms with E-state index >= 15 is 0 Å². The van der Waals surface area contributed by atoms with Crippen molar-refractivity contribution in [1.29, 1.82) is 0 Å². The first-order chi connectivity index (χ1) is 6.27.